The monoisotopic (exact) mass is 609 g/mol. The highest BCUT2D eigenvalue weighted by Gasteiger charge is 2.51. The number of nitrogens with one attached hydrogen (secondary N) is 2. The SMILES string of the molecule is Cc1cc(S(=O)(=O)N2C[C@H](CNS(=O)(=O)C3CC3)Oc3ccc(NC(=O)OC(C)(C)C(F)(F)F)cc32)ccc1F. The quantitative estimate of drug-likeness (QED) is 0.432. The number of sulfonamides is 2. The minimum atomic E-state index is -4.85. The molecule has 16 heteroatoms. The molecule has 2 aromatic rings. The zero-order chi connectivity index (χ0) is 29.7. The lowest BCUT2D eigenvalue weighted by Gasteiger charge is -2.36. The van der Waals surface area contributed by atoms with Crippen molar-refractivity contribution in [3.8, 4) is 5.75 Å². The van der Waals surface area contributed by atoms with Crippen molar-refractivity contribution in [3.63, 3.8) is 0 Å². The van der Waals surface area contributed by atoms with E-state index in [0.29, 0.717) is 26.7 Å². The molecule has 0 aromatic heterocycles. The van der Waals surface area contributed by atoms with Crippen molar-refractivity contribution in [1.82, 2.24) is 4.72 Å². The van der Waals surface area contributed by atoms with Crippen LogP contribution in [0.5, 0.6) is 5.75 Å². The van der Waals surface area contributed by atoms with Crippen molar-refractivity contribution in [1.29, 1.82) is 0 Å². The molecule has 0 spiro atoms. The second-order valence-electron chi connectivity index (χ2n) is 9.98. The molecule has 1 heterocycles. The van der Waals surface area contributed by atoms with Crippen LogP contribution in [0, 0.1) is 12.7 Å². The van der Waals surface area contributed by atoms with E-state index in [1.807, 2.05) is 0 Å². The molecule has 2 N–H and O–H groups in total. The number of hydrogen-bond acceptors (Lipinski definition) is 7. The largest absolute Gasteiger partial charge is 0.485 e. The number of anilines is 2. The minimum Gasteiger partial charge on any atom is -0.485 e. The first-order valence-electron chi connectivity index (χ1n) is 12.1. The van der Waals surface area contributed by atoms with Crippen LogP contribution in [-0.4, -0.2) is 59.1 Å². The van der Waals surface area contributed by atoms with Gasteiger partial charge in [0.2, 0.25) is 15.6 Å². The predicted octanol–water partition coefficient (Wildman–Crippen LogP) is 4.06. The van der Waals surface area contributed by atoms with E-state index in [1.54, 1.807) is 0 Å². The van der Waals surface area contributed by atoms with Crippen molar-refractivity contribution in [2.75, 3.05) is 22.7 Å². The van der Waals surface area contributed by atoms with E-state index in [0.717, 1.165) is 28.6 Å². The van der Waals surface area contributed by atoms with Crippen molar-refractivity contribution < 1.29 is 48.7 Å². The van der Waals surface area contributed by atoms with Crippen molar-refractivity contribution >= 4 is 37.5 Å². The molecule has 2 aliphatic rings. The highest BCUT2D eigenvalue weighted by molar-refractivity contribution is 7.92. The van der Waals surface area contributed by atoms with E-state index < -0.39 is 55.1 Å². The Labute approximate surface area is 228 Å². The van der Waals surface area contributed by atoms with Gasteiger partial charge in [-0.15, -0.1) is 0 Å². The first-order chi connectivity index (χ1) is 18.4. The zero-order valence-corrected chi connectivity index (χ0v) is 23.2. The van der Waals surface area contributed by atoms with Crippen molar-refractivity contribution in [3.05, 3.63) is 47.8 Å². The topological polar surface area (TPSA) is 131 Å². The van der Waals surface area contributed by atoms with Gasteiger partial charge in [0.1, 0.15) is 17.7 Å². The Balaban J connectivity index is 1.65. The number of benzene rings is 2. The number of amides is 1. The van der Waals surface area contributed by atoms with Crippen LogP contribution in [0.25, 0.3) is 0 Å². The van der Waals surface area contributed by atoms with E-state index in [4.69, 9.17) is 4.74 Å². The van der Waals surface area contributed by atoms with E-state index in [1.165, 1.54) is 19.1 Å². The van der Waals surface area contributed by atoms with E-state index in [9.17, 15) is 39.2 Å². The Hall–Kier alpha value is -3.11. The lowest BCUT2D eigenvalue weighted by molar-refractivity contribution is -0.242. The Morgan fingerprint density at radius 2 is 1.77 bits per heavy atom. The third-order valence-corrected chi connectivity index (χ3v) is 10.1. The number of aryl methyl sites for hydroxylation is 1. The molecule has 0 bridgehead atoms. The average Bonchev–Trinajstić information content (AvgIpc) is 3.69. The summed E-state index contributed by atoms with van der Waals surface area (Å²) in [6, 6.07) is 6.88. The fraction of sp³-hybridized carbons (Fsp3) is 0.458. The number of nitrogens with zero attached hydrogens (tertiary/aromatic N) is 1. The molecule has 0 radical (unpaired) electrons. The first-order valence-corrected chi connectivity index (χ1v) is 15.0. The van der Waals surface area contributed by atoms with Gasteiger partial charge in [-0.25, -0.2) is 30.7 Å². The van der Waals surface area contributed by atoms with Crippen LogP contribution in [0.1, 0.15) is 32.3 Å². The number of carbonyl (C=O) groups excluding carboxylic acids is 1. The fourth-order valence-electron chi connectivity index (χ4n) is 3.77. The molecule has 1 aliphatic heterocycles. The molecule has 220 valence electrons. The van der Waals surface area contributed by atoms with Crippen LogP contribution in [0.2, 0.25) is 0 Å². The molecule has 0 saturated heterocycles. The van der Waals surface area contributed by atoms with Gasteiger partial charge in [0.25, 0.3) is 10.0 Å². The number of rotatable bonds is 8. The number of alkyl halides is 3. The molecule has 1 fully saturated rings. The highest BCUT2D eigenvalue weighted by atomic mass is 32.2. The zero-order valence-electron chi connectivity index (χ0n) is 21.6. The van der Waals surface area contributed by atoms with Gasteiger partial charge < -0.3 is 9.47 Å². The Morgan fingerprint density at radius 1 is 1.10 bits per heavy atom. The fourth-order valence-corrected chi connectivity index (χ4v) is 6.76. The van der Waals surface area contributed by atoms with Crippen LogP contribution in [-0.2, 0) is 24.8 Å². The number of fused-ring (bicyclic) bond motifs is 1. The molecular formula is C24H27F4N3O7S2. The Kier molecular flexibility index (Phi) is 7.75. The molecule has 1 amide bonds. The molecule has 1 saturated carbocycles. The number of ether oxygens (including phenoxy) is 2. The number of carbonyl (C=O) groups is 1. The summed E-state index contributed by atoms with van der Waals surface area (Å²) in [7, 11) is -7.99. The van der Waals surface area contributed by atoms with Gasteiger partial charge in [-0.3, -0.25) is 9.62 Å². The van der Waals surface area contributed by atoms with Gasteiger partial charge >= 0.3 is 12.3 Å². The molecule has 2 aromatic carbocycles. The van der Waals surface area contributed by atoms with Crippen LogP contribution in [0.15, 0.2) is 41.3 Å². The second kappa shape index (κ2) is 10.4. The molecular weight excluding hydrogens is 582 g/mol. The normalized spacial score (nSPS) is 18.1. The van der Waals surface area contributed by atoms with Crippen molar-refractivity contribution in [2.24, 2.45) is 0 Å². The number of halogens is 4. The number of hydrogen-bond donors (Lipinski definition) is 2. The lowest BCUT2D eigenvalue weighted by atomic mass is 10.1. The summed E-state index contributed by atoms with van der Waals surface area (Å²) in [6.45, 7) is 2.11. The summed E-state index contributed by atoms with van der Waals surface area (Å²) in [5.41, 5.74) is -2.93. The van der Waals surface area contributed by atoms with Crippen LogP contribution >= 0.6 is 0 Å². The highest BCUT2D eigenvalue weighted by Crippen LogP contribution is 2.40. The van der Waals surface area contributed by atoms with Crippen LogP contribution in [0.4, 0.5) is 33.7 Å². The predicted molar refractivity (Wildman–Crippen MR) is 137 cm³/mol. The average molecular weight is 610 g/mol. The third kappa shape index (κ3) is 6.28. The van der Waals surface area contributed by atoms with Crippen molar-refractivity contribution in [2.45, 2.75) is 61.6 Å². The molecule has 4 rings (SSSR count). The third-order valence-electron chi connectivity index (χ3n) is 6.36. The minimum absolute atomic E-state index is 0.00110. The van der Waals surface area contributed by atoms with Gasteiger partial charge in [0.05, 0.1) is 22.4 Å². The maximum atomic E-state index is 13.9. The molecule has 0 unspecified atom stereocenters. The lowest BCUT2D eigenvalue weighted by Crippen LogP contribution is -2.48. The maximum absolute atomic E-state index is 13.9. The van der Waals surface area contributed by atoms with Gasteiger partial charge in [-0.05, 0) is 75.6 Å². The van der Waals surface area contributed by atoms with Gasteiger partial charge in [-0.2, -0.15) is 13.2 Å². The molecule has 1 atom stereocenters. The van der Waals surface area contributed by atoms with E-state index in [2.05, 4.69) is 14.8 Å². The summed E-state index contributed by atoms with van der Waals surface area (Å²) in [5, 5.41) is 1.63. The maximum Gasteiger partial charge on any atom is 0.427 e. The molecule has 10 nitrogen and oxygen atoms in total. The van der Waals surface area contributed by atoms with Gasteiger partial charge in [-0.1, -0.05) is 0 Å². The van der Waals surface area contributed by atoms with E-state index >= 15 is 0 Å². The van der Waals surface area contributed by atoms with Crippen LogP contribution < -0.4 is 19.1 Å². The van der Waals surface area contributed by atoms with Gasteiger partial charge in [0, 0.05) is 12.2 Å². The summed E-state index contributed by atoms with van der Waals surface area (Å²) < 4.78 is 119. The standard InChI is InChI=1S/C24H27F4N3O7S2/c1-14-10-18(7-8-19(14)25)40(35,36)31-13-16(12-29-39(33,34)17-5-6-17)37-21-9-4-15(11-20(21)31)30-22(32)38-23(2,3)24(26,27)28/h4,7-11,16-17,29H,5-6,12-13H2,1-3H3,(H,30,32)/t16-/m0/s1. The summed E-state index contributed by atoms with van der Waals surface area (Å²) in [5.74, 6) is -0.626. The summed E-state index contributed by atoms with van der Waals surface area (Å²) in [4.78, 5) is 11.9. The van der Waals surface area contributed by atoms with Gasteiger partial charge in [0.15, 0.2) is 0 Å². The second-order valence-corrected chi connectivity index (χ2v) is 13.9. The Bertz CT molecular complexity index is 1530. The van der Waals surface area contributed by atoms with Crippen LogP contribution in [0.3, 0.4) is 0 Å². The summed E-state index contributed by atoms with van der Waals surface area (Å²) >= 11 is 0. The smallest absolute Gasteiger partial charge is 0.427 e. The first kappa shape index (κ1) is 29.9. The molecule has 40 heavy (non-hydrogen) atoms. The molecule has 1 aliphatic carbocycles. The Morgan fingerprint density at radius 3 is 2.38 bits per heavy atom. The van der Waals surface area contributed by atoms with E-state index in [-0.39, 0.29) is 40.7 Å². The summed E-state index contributed by atoms with van der Waals surface area (Å²) in [6.07, 6.45) is -6.20.